The Morgan fingerprint density at radius 3 is 2.22 bits per heavy atom. The highest BCUT2D eigenvalue weighted by molar-refractivity contribution is 6.18. The van der Waals surface area contributed by atoms with E-state index in [2.05, 4.69) is 19.9 Å². The van der Waals surface area contributed by atoms with Gasteiger partial charge in [0, 0.05) is 40.5 Å². The van der Waals surface area contributed by atoms with Gasteiger partial charge in [-0.25, -0.2) is 4.79 Å². The number of carbonyl (C=O) groups is 3. The number of benzene rings is 1. The molecule has 1 saturated heterocycles. The summed E-state index contributed by atoms with van der Waals surface area (Å²) < 4.78 is 13.6. The first kappa shape index (κ1) is 33.5. The molecule has 246 valence electrons. The summed E-state index contributed by atoms with van der Waals surface area (Å²) in [5, 5.41) is 33.0. The highest BCUT2D eigenvalue weighted by Crippen LogP contribution is 2.68. The molecule has 0 unspecified atom stereocenters. The first-order valence-electron chi connectivity index (χ1n) is 16.1. The SMILES string of the molecule is CC(C)=CCC/C(C)=C/Cc1c(O)c(CC=C(C)C)c2c(c1O)C(=O)C1=C[C@@H]3C[C@H]4C(C)(C)O[C@@](C/C=C(\C)C(=O)O)(C3=O)[C@@]14O2. The molecule has 1 aromatic rings. The third-order valence-electron chi connectivity index (χ3n) is 10.2. The Morgan fingerprint density at radius 1 is 0.935 bits per heavy atom. The molecule has 4 atom stereocenters. The molecule has 0 aromatic heterocycles. The number of aliphatic carboxylic acids is 1. The number of hydrogen-bond donors (Lipinski definition) is 3. The molecule has 0 amide bonds. The number of fused-ring (bicyclic) bond motifs is 1. The van der Waals surface area contributed by atoms with E-state index in [-0.39, 0.29) is 64.6 Å². The van der Waals surface area contributed by atoms with Crippen molar-refractivity contribution < 1.29 is 39.2 Å². The molecule has 1 aromatic carbocycles. The van der Waals surface area contributed by atoms with Crippen LogP contribution in [0.15, 0.2) is 58.2 Å². The number of aromatic hydroxyl groups is 2. The van der Waals surface area contributed by atoms with Gasteiger partial charge in [-0.15, -0.1) is 0 Å². The number of carbonyl (C=O) groups excluding carboxylic acids is 2. The quantitative estimate of drug-likeness (QED) is 0.182. The molecule has 8 heteroatoms. The fourth-order valence-corrected chi connectivity index (χ4v) is 7.80. The number of Topliss-reactive ketones (excluding diaryl/α,β-unsaturated/α-hetero) is 2. The summed E-state index contributed by atoms with van der Waals surface area (Å²) in [4.78, 5) is 40.6. The second-order valence-electron chi connectivity index (χ2n) is 14.4. The summed E-state index contributed by atoms with van der Waals surface area (Å²) in [7, 11) is 0. The van der Waals surface area contributed by atoms with Gasteiger partial charge in [0.05, 0.1) is 5.60 Å². The molecule has 6 rings (SSSR count). The Bertz CT molecular complexity index is 1670. The molecule has 1 spiro atoms. The fraction of sp³-hybridized carbons (Fsp3) is 0.500. The van der Waals surface area contributed by atoms with E-state index >= 15 is 0 Å². The van der Waals surface area contributed by atoms with Crippen LogP contribution >= 0.6 is 0 Å². The summed E-state index contributed by atoms with van der Waals surface area (Å²) in [5.74, 6) is -3.33. The standard InChI is InChI=1S/C38H46O8/c1-20(2)10-9-11-22(5)13-15-25-30(39)26(14-12-21(3)4)33-29(31(25)40)32(41)27-18-24-19-28-36(7,8)46-37(34(24)42,38(27,28)45-33)17-16-23(6)35(43)44/h10,12-13,16,18,24,28,39-40H,9,11,14-15,17,19H2,1-8H3,(H,43,44)/b22-13+,23-16+/t24-,28+,37+,38-/m1/s1. The van der Waals surface area contributed by atoms with Gasteiger partial charge in [0.25, 0.3) is 0 Å². The summed E-state index contributed by atoms with van der Waals surface area (Å²) in [6, 6.07) is 0. The normalized spacial score (nSPS) is 27.4. The van der Waals surface area contributed by atoms with Crippen LogP contribution in [0.3, 0.4) is 0 Å². The third kappa shape index (κ3) is 5.05. The molecular formula is C38H46O8. The van der Waals surface area contributed by atoms with Crippen LogP contribution in [0.2, 0.25) is 0 Å². The van der Waals surface area contributed by atoms with Crippen molar-refractivity contribution in [1.82, 2.24) is 0 Å². The highest BCUT2D eigenvalue weighted by Gasteiger charge is 2.81. The summed E-state index contributed by atoms with van der Waals surface area (Å²) in [5.41, 5.74) is 0.0623. The van der Waals surface area contributed by atoms with E-state index in [9.17, 15) is 29.7 Å². The average molecular weight is 631 g/mol. The largest absolute Gasteiger partial charge is 0.507 e. The fourth-order valence-electron chi connectivity index (χ4n) is 7.80. The van der Waals surface area contributed by atoms with Crippen LogP contribution < -0.4 is 4.74 Å². The number of phenolic OH excluding ortho intramolecular Hbond substituents is 2. The van der Waals surface area contributed by atoms with Crippen LogP contribution in [-0.2, 0) is 27.2 Å². The van der Waals surface area contributed by atoms with Gasteiger partial charge in [0.1, 0.15) is 22.8 Å². The van der Waals surface area contributed by atoms with Crippen molar-refractivity contribution in [2.24, 2.45) is 11.8 Å². The molecule has 46 heavy (non-hydrogen) atoms. The van der Waals surface area contributed by atoms with Gasteiger partial charge >= 0.3 is 5.97 Å². The van der Waals surface area contributed by atoms with Crippen molar-refractivity contribution in [3.63, 3.8) is 0 Å². The zero-order valence-corrected chi connectivity index (χ0v) is 28.2. The van der Waals surface area contributed by atoms with Crippen LogP contribution in [0, 0.1) is 11.8 Å². The Labute approximate surface area is 271 Å². The van der Waals surface area contributed by atoms with Gasteiger partial charge in [-0.05, 0) is 87.5 Å². The first-order valence-corrected chi connectivity index (χ1v) is 16.1. The number of allylic oxidation sites excluding steroid dienone is 7. The Morgan fingerprint density at radius 2 is 1.59 bits per heavy atom. The minimum absolute atomic E-state index is 0.0259. The second kappa shape index (κ2) is 11.7. The Balaban J connectivity index is 1.71. The van der Waals surface area contributed by atoms with Crippen molar-refractivity contribution >= 4 is 17.5 Å². The summed E-state index contributed by atoms with van der Waals surface area (Å²) >= 11 is 0. The van der Waals surface area contributed by atoms with Crippen molar-refractivity contribution in [1.29, 1.82) is 0 Å². The van der Waals surface area contributed by atoms with Crippen molar-refractivity contribution in [2.45, 2.75) is 111 Å². The van der Waals surface area contributed by atoms with Crippen LogP contribution in [0.1, 0.15) is 103 Å². The Hall–Kier alpha value is -3.91. The third-order valence-corrected chi connectivity index (χ3v) is 10.2. The topological polar surface area (TPSA) is 130 Å². The molecule has 3 aliphatic carbocycles. The van der Waals surface area contributed by atoms with E-state index in [0.29, 0.717) is 12.0 Å². The van der Waals surface area contributed by atoms with Crippen LogP contribution in [-0.4, -0.2) is 49.7 Å². The minimum atomic E-state index is -1.67. The lowest BCUT2D eigenvalue weighted by Crippen LogP contribution is -2.72. The van der Waals surface area contributed by atoms with E-state index < -0.39 is 40.4 Å². The molecule has 2 heterocycles. The monoisotopic (exact) mass is 630 g/mol. The molecule has 8 nitrogen and oxygen atoms in total. The van der Waals surface area contributed by atoms with Crippen LogP contribution in [0.4, 0.5) is 0 Å². The van der Waals surface area contributed by atoms with Crippen molar-refractivity contribution in [2.75, 3.05) is 0 Å². The lowest BCUT2D eigenvalue weighted by Gasteiger charge is -2.56. The molecule has 0 radical (unpaired) electrons. The van der Waals surface area contributed by atoms with E-state index in [4.69, 9.17) is 9.47 Å². The van der Waals surface area contributed by atoms with Crippen molar-refractivity contribution in [3.05, 3.63) is 74.9 Å². The number of hydrogen-bond acceptors (Lipinski definition) is 7. The number of ketones is 2. The molecule has 4 bridgehead atoms. The predicted molar refractivity (Wildman–Crippen MR) is 175 cm³/mol. The Kier molecular flexibility index (Phi) is 8.52. The molecule has 3 N–H and O–H groups in total. The predicted octanol–water partition coefficient (Wildman–Crippen LogP) is 7.27. The number of carboxylic acid groups (broad SMARTS) is 1. The van der Waals surface area contributed by atoms with E-state index in [1.54, 1.807) is 6.08 Å². The van der Waals surface area contributed by atoms with Gasteiger partial charge in [0.2, 0.25) is 0 Å². The van der Waals surface area contributed by atoms with Crippen LogP contribution in [0.5, 0.6) is 17.2 Å². The zero-order valence-electron chi connectivity index (χ0n) is 28.2. The van der Waals surface area contributed by atoms with E-state index in [1.807, 2.05) is 46.8 Å². The average Bonchev–Trinajstić information content (AvgIpc) is 3.12. The number of carboxylic acids is 1. The maximum absolute atomic E-state index is 14.7. The summed E-state index contributed by atoms with van der Waals surface area (Å²) in [6.45, 7) is 15.2. The number of rotatable bonds is 10. The van der Waals surface area contributed by atoms with Gasteiger partial charge in [-0.2, -0.15) is 0 Å². The maximum Gasteiger partial charge on any atom is 0.330 e. The first-order chi connectivity index (χ1) is 21.5. The van der Waals surface area contributed by atoms with E-state index in [0.717, 1.165) is 24.0 Å². The van der Waals surface area contributed by atoms with Crippen molar-refractivity contribution in [3.8, 4) is 17.2 Å². The van der Waals surface area contributed by atoms with Gasteiger partial charge in [-0.1, -0.05) is 47.1 Å². The summed E-state index contributed by atoms with van der Waals surface area (Å²) in [6.07, 6.45) is 11.6. The minimum Gasteiger partial charge on any atom is -0.507 e. The maximum atomic E-state index is 14.7. The second-order valence-corrected chi connectivity index (χ2v) is 14.4. The molecule has 5 aliphatic rings. The molecular weight excluding hydrogens is 584 g/mol. The molecule has 2 aliphatic heterocycles. The zero-order chi connectivity index (χ0) is 33.9. The van der Waals surface area contributed by atoms with Gasteiger partial charge in [-0.3, -0.25) is 9.59 Å². The smallest absolute Gasteiger partial charge is 0.330 e. The van der Waals surface area contributed by atoms with Crippen LogP contribution in [0.25, 0.3) is 0 Å². The lowest BCUT2D eigenvalue weighted by molar-refractivity contribution is -0.171. The van der Waals surface area contributed by atoms with E-state index in [1.165, 1.54) is 18.6 Å². The molecule has 1 saturated carbocycles. The molecule has 2 fully saturated rings. The lowest BCUT2D eigenvalue weighted by atomic mass is 9.51. The van der Waals surface area contributed by atoms with Gasteiger partial charge in [0.15, 0.2) is 22.8 Å². The van der Waals surface area contributed by atoms with Gasteiger partial charge < -0.3 is 24.8 Å². The highest BCUT2D eigenvalue weighted by atomic mass is 16.6. The number of phenols is 2. The number of ether oxygens (including phenoxy) is 2.